The van der Waals surface area contributed by atoms with Crippen LogP contribution in [0.4, 0.5) is 5.95 Å². The number of nitrogens with two attached hydrogens (primary N) is 1. The summed E-state index contributed by atoms with van der Waals surface area (Å²) < 4.78 is 7.16. The number of pyridine rings is 1. The number of hydrogen-bond donors (Lipinski definition) is 1. The van der Waals surface area contributed by atoms with Gasteiger partial charge in [0.2, 0.25) is 5.95 Å². The van der Waals surface area contributed by atoms with Crippen LogP contribution < -0.4 is 5.73 Å². The highest BCUT2D eigenvalue weighted by molar-refractivity contribution is 5.77. The average molecular weight is 234 g/mol. The van der Waals surface area contributed by atoms with Crippen LogP contribution in [0.15, 0.2) is 12.3 Å². The van der Waals surface area contributed by atoms with E-state index in [-0.39, 0.29) is 5.54 Å². The lowest BCUT2D eigenvalue weighted by atomic mass is 10.1. The third-order valence-electron chi connectivity index (χ3n) is 2.88. The average Bonchev–Trinajstić information content (AvgIpc) is 2.56. The maximum atomic E-state index is 5.99. The fraction of sp³-hybridized carbons (Fsp3) is 0.500. The highest BCUT2D eigenvalue weighted by Gasteiger charge is 2.26. The van der Waals surface area contributed by atoms with Crippen molar-refractivity contribution in [2.24, 2.45) is 0 Å². The molecule has 0 aliphatic rings. The first-order valence-corrected chi connectivity index (χ1v) is 5.56. The van der Waals surface area contributed by atoms with Crippen molar-refractivity contribution >= 4 is 17.1 Å². The van der Waals surface area contributed by atoms with Gasteiger partial charge in [0.1, 0.15) is 5.52 Å². The maximum Gasteiger partial charge on any atom is 0.203 e. The smallest absolute Gasteiger partial charge is 0.203 e. The van der Waals surface area contributed by atoms with Crippen LogP contribution in [0.25, 0.3) is 11.2 Å². The number of anilines is 1. The second-order valence-corrected chi connectivity index (χ2v) is 4.85. The van der Waals surface area contributed by atoms with Crippen molar-refractivity contribution in [3.05, 3.63) is 17.8 Å². The zero-order valence-electron chi connectivity index (χ0n) is 10.7. The predicted octanol–water partition coefficient (Wildman–Crippen LogP) is 1.70. The van der Waals surface area contributed by atoms with Crippen molar-refractivity contribution in [2.45, 2.75) is 26.3 Å². The lowest BCUT2D eigenvalue weighted by Gasteiger charge is -2.26. The number of nitrogens with zero attached hydrogens (tertiary/aromatic N) is 3. The van der Waals surface area contributed by atoms with Crippen LogP contribution in [-0.2, 0) is 10.3 Å². The number of nitrogen functional groups attached to an aromatic ring is 1. The summed E-state index contributed by atoms with van der Waals surface area (Å²) in [7, 11) is 1.68. The van der Waals surface area contributed by atoms with Gasteiger partial charge in [-0.15, -0.1) is 0 Å². The van der Waals surface area contributed by atoms with E-state index in [0.29, 0.717) is 12.6 Å². The number of aryl methyl sites for hydroxylation is 1. The highest BCUT2D eigenvalue weighted by atomic mass is 16.5. The van der Waals surface area contributed by atoms with Gasteiger partial charge in [-0.3, -0.25) is 4.57 Å². The van der Waals surface area contributed by atoms with Crippen LogP contribution in [0.2, 0.25) is 0 Å². The number of aromatic nitrogens is 3. The zero-order chi connectivity index (χ0) is 12.6. The van der Waals surface area contributed by atoms with E-state index in [1.54, 1.807) is 13.3 Å². The summed E-state index contributed by atoms with van der Waals surface area (Å²) in [5.74, 6) is 0.476. The summed E-state index contributed by atoms with van der Waals surface area (Å²) in [4.78, 5) is 8.76. The first-order valence-electron chi connectivity index (χ1n) is 5.56. The molecule has 0 fully saturated rings. The van der Waals surface area contributed by atoms with E-state index in [4.69, 9.17) is 10.5 Å². The van der Waals surface area contributed by atoms with Crippen LogP contribution >= 0.6 is 0 Å². The van der Waals surface area contributed by atoms with Gasteiger partial charge in [-0.2, -0.15) is 0 Å². The van der Waals surface area contributed by atoms with Crippen molar-refractivity contribution in [3.63, 3.8) is 0 Å². The Bertz CT molecular complexity index is 545. The lowest BCUT2D eigenvalue weighted by Crippen LogP contribution is -2.32. The van der Waals surface area contributed by atoms with Gasteiger partial charge in [0, 0.05) is 13.3 Å². The minimum absolute atomic E-state index is 0.269. The fourth-order valence-electron chi connectivity index (χ4n) is 2.13. The molecule has 0 saturated carbocycles. The number of hydrogen-bond acceptors (Lipinski definition) is 4. The molecule has 2 aromatic rings. The Hall–Kier alpha value is -1.62. The molecule has 5 nitrogen and oxygen atoms in total. The Kier molecular flexibility index (Phi) is 2.79. The van der Waals surface area contributed by atoms with Gasteiger partial charge < -0.3 is 10.5 Å². The van der Waals surface area contributed by atoms with Crippen molar-refractivity contribution in [1.29, 1.82) is 0 Å². The Morgan fingerprint density at radius 2 is 2.18 bits per heavy atom. The van der Waals surface area contributed by atoms with Crippen molar-refractivity contribution in [3.8, 4) is 0 Å². The van der Waals surface area contributed by atoms with Crippen LogP contribution in [0.3, 0.4) is 0 Å². The summed E-state index contributed by atoms with van der Waals surface area (Å²) in [5, 5.41) is 0. The first kappa shape index (κ1) is 11.9. The fourth-order valence-corrected chi connectivity index (χ4v) is 2.13. The van der Waals surface area contributed by atoms with E-state index in [9.17, 15) is 0 Å². The monoisotopic (exact) mass is 234 g/mol. The molecule has 2 N–H and O–H groups in total. The quantitative estimate of drug-likeness (QED) is 0.877. The topological polar surface area (TPSA) is 66.0 Å². The van der Waals surface area contributed by atoms with Crippen molar-refractivity contribution in [1.82, 2.24) is 14.5 Å². The number of rotatable bonds is 3. The Balaban J connectivity index is 2.69. The normalized spacial score (nSPS) is 12.2. The standard InChI is InChI=1S/C12H18N4O/c1-8-5-6-14-10-9(8)15-11(13)16(10)12(2,3)7-17-4/h5-6H,7H2,1-4H3,(H2,13,15). The third kappa shape index (κ3) is 1.86. The SMILES string of the molecule is COCC(C)(C)n1c(N)nc2c(C)ccnc21. The second-order valence-electron chi connectivity index (χ2n) is 4.85. The molecule has 0 spiro atoms. The molecule has 2 rings (SSSR count). The van der Waals surface area contributed by atoms with E-state index in [0.717, 1.165) is 16.7 Å². The summed E-state index contributed by atoms with van der Waals surface area (Å²) in [6, 6.07) is 1.93. The summed E-state index contributed by atoms with van der Waals surface area (Å²) in [5.41, 5.74) is 8.47. The molecule has 0 unspecified atom stereocenters. The van der Waals surface area contributed by atoms with Gasteiger partial charge in [-0.05, 0) is 32.4 Å². The molecular weight excluding hydrogens is 216 g/mol. The highest BCUT2D eigenvalue weighted by Crippen LogP contribution is 2.27. The molecule has 5 heteroatoms. The molecule has 17 heavy (non-hydrogen) atoms. The third-order valence-corrected chi connectivity index (χ3v) is 2.88. The van der Waals surface area contributed by atoms with E-state index >= 15 is 0 Å². The van der Waals surface area contributed by atoms with E-state index in [2.05, 4.69) is 23.8 Å². The van der Waals surface area contributed by atoms with Crippen molar-refractivity contribution in [2.75, 3.05) is 19.5 Å². The van der Waals surface area contributed by atoms with E-state index in [1.807, 2.05) is 17.6 Å². The predicted molar refractivity (Wildman–Crippen MR) is 67.9 cm³/mol. The molecule has 0 aliphatic carbocycles. The first-order chi connectivity index (χ1) is 7.97. The number of fused-ring (bicyclic) bond motifs is 1. The molecule has 0 atom stereocenters. The van der Waals surface area contributed by atoms with Crippen LogP contribution in [-0.4, -0.2) is 28.3 Å². The van der Waals surface area contributed by atoms with Gasteiger partial charge in [0.05, 0.1) is 12.1 Å². The van der Waals surface area contributed by atoms with Gasteiger partial charge in [0.15, 0.2) is 5.65 Å². The van der Waals surface area contributed by atoms with E-state index in [1.165, 1.54) is 0 Å². The molecule has 0 saturated heterocycles. The maximum absolute atomic E-state index is 5.99. The molecule has 92 valence electrons. The Labute approximate surface area is 101 Å². The van der Waals surface area contributed by atoms with Gasteiger partial charge in [0.25, 0.3) is 0 Å². The lowest BCUT2D eigenvalue weighted by molar-refractivity contribution is 0.113. The minimum atomic E-state index is -0.269. The van der Waals surface area contributed by atoms with Crippen LogP contribution in [0.1, 0.15) is 19.4 Å². The zero-order valence-corrected chi connectivity index (χ0v) is 10.7. The van der Waals surface area contributed by atoms with Crippen molar-refractivity contribution < 1.29 is 4.74 Å². The molecule has 0 amide bonds. The molecule has 0 aliphatic heterocycles. The Morgan fingerprint density at radius 3 is 2.82 bits per heavy atom. The summed E-state index contributed by atoms with van der Waals surface area (Å²) in [6.45, 7) is 6.67. The summed E-state index contributed by atoms with van der Waals surface area (Å²) >= 11 is 0. The second kappa shape index (κ2) is 4.00. The van der Waals surface area contributed by atoms with Gasteiger partial charge in [-0.25, -0.2) is 9.97 Å². The molecule has 0 aromatic carbocycles. The van der Waals surface area contributed by atoms with Crippen LogP contribution in [0.5, 0.6) is 0 Å². The molecular formula is C12H18N4O. The molecule has 2 heterocycles. The molecule has 2 aromatic heterocycles. The number of imidazole rings is 1. The van der Waals surface area contributed by atoms with Gasteiger partial charge in [-0.1, -0.05) is 0 Å². The molecule has 0 radical (unpaired) electrons. The number of methoxy groups -OCH3 is 1. The van der Waals surface area contributed by atoms with Gasteiger partial charge >= 0.3 is 0 Å². The van der Waals surface area contributed by atoms with Crippen LogP contribution in [0, 0.1) is 6.92 Å². The largest absolute Gasteiger partial charge is 0.382 e. The minimum Gasteiger partial charge on any atom is -0.382 e. The van der Waals surface area contributed by atoms with E-state index < -0.39 is 0 Å². The summed E-state index contributed by atoms with van der Waals surface area (Å²) in [6.07, 6.45) is 1.78. The number of ether oxygens (including phenoxy) is 1. The molecule has 0 bridgehead atoms. The Morgan fingerprint density at radius 1 is 1.47 bits per heavy atom.